The predicted molar refractivity (Wildman–Crippen MR) is 89.7 cm³/mol. The number of nitrogens with zero attached hydrogens (tertiary/aromatic N) is 1. The van der Waals surface area contributed by atoms with Crippen LogP contribution in [-0.4, -0.2) is 49.8 Å². The van der Waals surface area contributed by atoms with Crippen LogP contribution in [0.3, 0.4) is 0 Å². The maximum Gasteiger partial charge on any atom is 0.0593 e. The highest BCUT2D eigenvalue weighted by Gasteiger charge is 2.33. The summed E-state index contributed by atoms with van der Waals surface area (Å²) in [5.74, 6) is 1.56. The van der Waals surface area contributed by atoms with Crippen LogP contribution < -0.4 is 5.32 Å². The summed E-state index contributed by atoms with van der Waals surface area (Å²) in [6.07, 6.45) is 8.44. The molecule has 2 rings (SSSR count). The molecule has 0 amide bonds. The molecule has 2 unspecified atom stereocenters. The minimum atomic E-state index is 0.644. The zero-order valence-corrected chi connectivity index (χ0v) is 14.4. The molecule has 3 heteroatoms. The Morgan fingerprint density at radius 2 is 1.95 bits per heavy atom. The number of rotatable bonds is 7. The third kappa shape index (κ3) is 5.54. The van der Waals surface area contributed by atoms with Crippen LogP contribution >= 0.6 is 0 Å². The van der Waals surface area contributed by atoms with Crippen molar-refractivity contribution in [2.24, 2.45) is 11.8 Å². The van der Waals surface area contributed by atoms with E-state index in [0.717, 1.165) is 31.7 Å². The molecule has 2 aliphatic rings. The molecule has 2 fully saturated rings. The molecular formula is C18H36N2O. The molecule has 1 saturated heterocycles. The van der Waals surface area contributed by atoms with Gasteiger partial charge in [-0.2, -0.15) is 0 Å². The fraction of sp³-hybridized carbons (Fsp3) is 1.00. The van der Waals surface area contributed by atoms with Crippen LogP contribution in [0.5, 0.6) is 0 Å². The number of nitrogens with one attached hydrogen (secondary N) is 1. The molecule has 0 aromatic heterocycles. The maximum absolute atomic E-state index is 5.84. The summed E-state index contributed by atoms with van der Waals surface area (Å²) in [6, 6.07) is 1.42. The summed E-state index contributed by atoms with van der Waals surface area (Å²) >= 11 is 0. The van der Waals surface area contributed by atoms with Gasteiger partial charge in [-0.05, 0) is 31.1 Å². The molecule has 124 valence electrons. The lowest BCUT2D eigenvalue weighted by Gasteiger charge is -2.45. The molecule has 0 spiro atoms. The first kappa shape index (κ1) is 17.2. The van der Waals surface area contributed by atoms with E-state index in [2.05, 4.69) is 31.0 Å². The highest BCUT2D eigenvalue weighted by atomic mass is 16.5. The first-order valence-electron chi connectivity index (χ1n) is 9.25. The minimum Gasteiger partial charge on any atom is -0.380 e. The van der Waals surface area contributed by atoms with E-state index < -0.39 is 0 Å². The van der Waals surface area contributed by atoms with Gasteiger partial charge in [-0.3, -0.25) is 4.90 Å². The molecule has 0 aromatic carbocycles. The topological polar surface area (TPSA) is 24.5 Å². The zero-order valence-electron chi connectivity index (χ0n) is 14.4. The van der Waals surface area contributed by atoms with E-state index in [1.54, 1.807) is 0 Å². The standard InChI is InChI=1S/C18H36N2O/c1-4-17-13-20(10-11-21-14-15(2)3)18(12-19-17)16-8-6-5-7-9-16/h15-19H,4-14H2,1-3H3. The molecular weight excluding hydrogens is 260 g/mol. The van der Waals surface area contributed by atoms with Crippen molar-refractivity contribution >= 4 is 0 Å². The second-order valence-electron chi connectivity index (χ2n) is 7.44. The van der Waals surface area contributed by atoms with E-state index >= 15 is 0 Å². The Balaban J connectivity index is 1.83. The van der Waals surface area contributed by atoms with Crippen LogP contribution in [0.4, 0.5) is 0 Å². The first-order chi connectivity index (χ1) is 10.2. The van der Waals surface area contributed by atoms with Crippen LogP contribution in [0.2, 0.25) is 0 Å². The Bertz CT molecular complexity index is 276. The lowest BCUT2D eigenvalue weighted by molar-refractivity contribution is 0.0299. The van der Waals surface area contributed by atoms with Crippen molar-refractivity contribution in [3.8, 4) is 0 Å². The average molecular weight is 296 g/mol. The molecule has 2 atom stereocenters. The van der Waals surface area contributed by atoms with Crippen molar-refractivity contribution in [2.45, 2.75) is 71.4 Å². The van der Waals surface area contributed by atoms with Gasteiger partial charge in [0.25, 0.3) is 0 Å². The summed E-state index contributed by atoms with van der Waals surface area (Å²) in [5.41, 5.74) is 0. The van der Waals surface area contributed by atoms with E-state index in [0.29, 0.717) is 12.0 Å². The number of ether oxygens (including phenoxy) is 1. The van der Waals surface area contributed by atoms with Gasteiger partial charge in [0.05, 0.1) is 6.61 Å². The molecule has 3 nitrogen and oxygen atoms in total. The molecule has 1 aliphatic carbocycles. The van der Waals surface area contributed by atoms with E-state index in [1.165, 1.54) is 51.6 Å². The highest BCUT2D eigenvalue weighted by Crippen LogP contribution is 2.30. The minimum absolute atomic E-state index is 0.644. The number of hydrogen-bond donors (Lipinski definition) is 1. The van der Waals surface area contributed by atoms with Gasteiger partial charge in [-0.1, -0.05) is 40.0 Å². The molecule has 0 aromatic rings. The number of hydrogen-bond acceptors (Lipinski definition) is 3. The molecule has 1 saturated carbocycles. The van der Waals surface area contributed by atoms with Crippen molar-refractivity contribution in [2.75, 3.05) is 32.8 Å². The van der Waals surface area contributed by atoms with Crippen LogP contribution in [0.15, 0.2) is 0 Å². The quantitative estimate of drug-likeness (QED) is 0.730. The fourth-order valence-corrected chi connectivity index (χ4v) is 3.91. The average Bonchev–Trinajstić information content (AvgIpc) is 2.52. The van der Waals surface area contributed by atoms with Crippen molar-refractivity contribution in [1.29, 1.82) is 0 Å². The highest BCUT2D eigenvalue weighted by molar-refractivity contribution is 4.90. The molecule has 1 heterocycles. The summed E-state index contributed by atoms with van der Waals surface area (Å²) in [7, 11) is 0. The van der Waals surface area contributed by atoms with Gasteiger partial charge in [0, 0.05) is 38.3 Å². The van der Waals surface area contributed by atoms with Crippen LogP contribution in [0.25, 0.3) is 0 Å². The largest absolute Gasteiger partial charge is 0.380 e. The predicted octanol–water partition coefficient (Wildman–Crippen LogP) is 3.29. The van der Waals surface area contributed by atoms with Crippen LogP contribution in [0, 0.1) is 11.8 Å². The normalized spacial score (nSPS) is 29.1. The van der Waals surface area contributed by atoms with Gasteiger partial charge in [-0.25, -0.2) is 0 Å². The van der Waals surface area contributed by atoms with Crippen molar-refractivity contribution in [3.05, 3.63) is 0 Å². The summed E-state index contributed by atoms with van der Waals surface area (Å²) in [4.78, 5) is 2.74. The van der Waals surface area contributed by atoms with Gasteiger partial charge in [0.2, 0.25) is 0 Å². The Labute approximate surface area is 131 Å². The van der Waals surface area contributed by atoms with Gasteiger partial charge >= 0.3 is 0 Å². The third-order valence-corrected chi connectivity index (χ3v) is 5.20. The van der Waals surface area contributed by atoms with Crippen LogP contribution in [-0.2, 0) is 4.74 Å². The van der Waals surface area contributed by atoms with Crippen molar-refractivity contribution in [3.63, 3.8) is 0 Å². The second-order valence-corrected chi connectivity index (χ2v) is 7.44. The summed E-state index contributed by atoms with van der Waals surface area (Å²) in [6.45, 7) is 12.1. The smallest absolute Gasteiger partial charge is 0.0593 e. The second kappa shape index (κ2) is 9.12. The molecule has 0 radical (unpaired) electrons. The fourth-order valence-electron chi connectivity index (χ4n) is 3.91. The maximum atomic E-state index is 5.84. The SMILES string of the molecule is CCC1CN(CCOCC(C)C)C(C2CCCCC2)CN1. The Hall–Kier alpha value is -0.120. The van der Waals surface area contributed by atoms with Crippen molar-refractivity contribution < 1.29 is 4.74 Å². The Morgan fingerprint density at radius 1 is 1.19 bits per heavy atom. The summed E-state index contributed by atoms with van der Waals surface area (Å²) in [5, 5.41) is 3.77. The molecule has 1 aliphatic heterocycles. The zero-order chi connectivity index (χ0) is 15.1. The van der Waals surface area contributed by atoms with E-state index in [9.17, 15) is 0 Å². The first-order valence-corrected chi connectivity index (χ1v) is 9.25. The van der Waals surface area contributed by atoms with E-state index in [4.69, 9.17) is 4.74 Å². The third-order valence-electron chi connectivity index (χ3n) is 5.20. The lowest BCUT2D eigenvalue weighted by Crippen LogP contribution is -2.59. The van der Waals surface area contributed by atoms with Gasteiger partial charge in [-0.15, -0.1) is 0 Å². The Morgan fingerprint density at radius 3 is 2.62 bits per heavy atom. The van der Waals surface area contributed by atoms with E-state index in [1.807, 2.05) is 0 Å². The van der Waals surface area contributed by atoms with E-state index in [-0.39, 0.29) is 0 Å². The lowest BCUT2D eigenvalue weighted by atomic mass is 9.82. The molecule has 1 N–H and O–H groups in total. The summed E-state index contributed by atoms with van der Waals surface area (Å²) < 4.78 is 5.84. The number of piperazine rings is 1. The van der Waals surface area contributed by atoms with Crippen molar-refractivity contribution in [1.82, 2.24) is 10.2 Å². The molecule has 21 heavy (non-hydrogen) atoms. The van der Waals surface area contributed by atoms with Gasteiger partial charge < -0.3 is 10.1 Å². The van der Waals surface area contributed by atoms with Gasteiger partial charge in [0.15, 0.2) is 0 Å². The van der Waals surface area contributed by atoms with Gasteiger partial charge in [0.1, 0.15) is 0 Å². The Kier molecular flexibility index (Phi) is 7.48. The van der Waals surface area contributed by atoms with Crippen LogP contribution in [0.1, 0.15) is 59.3 Å². The monoisotopic (exact) mass is 296 g/mol. The molecule has 0 bridgehead atoms.